The summed E-state index contributed by atoms with van der Waals surface area (Å²) in [4.78, 5) is 20.4. The number of nitrogens with one attached hydrogen (secondary N) is 1. The Hall–Kier alpha value is -0.860. The van der Waals surface area contributed by atoms with Crippen molar-refractivity contribution in [3.63, 3.8) is 0 Å². The van der Waals surface area contributed by atoms with Gasteiger partial charge >= 0.3 is 0 Å². The fourth-order valence-electron chi connectivity index (χ4n) is 0.493. The van der Waals surface area contributed by atoms with Gasteiger partial charge in [-0.2, -0.15) is 0 Å². The van der Waals surface area contributed by atoms with Crippen molar-refractivity contribution in [2.45, 2.75) is 27.2 Å². The second kappa shape index (κ2) is 4.11. The average Bonchev–Trinajstić information content (AvgIpc) is 2.00. The Morgan fingerprint density at radius 2 is 2.09 bits per heavy atom. The molecule has 0 unspecified atom stereocenters. The molecule has 0 heterocycles. The molecule has 0 aromatic carbocycles. The van der Waals surface area contributed by atoms with Crippen molar-refractivity contribution < 1.29 is 9.59 Å². The van der Waals surface area contributed by atoms with Crippen LogP contribution in [0.2, 0.25) is 0 Å². The van der Waals surface area contributed by atoms with Crippen LogP contribution in [-0.4, -0.2) is 18.7 Å². The van der Waals surface area contributed by atoms with E-state index in [4.69, 9.17) is 0 Å². The molecule has 3 heteroatoms. The van der Waals surface area contributed by atoms with Gasteiger partial charge in [-0.15, -0.1) is 0 Å². The molecule has 0 fully saturated rings. The van der Waals surface area contributed by atoms with Crippen molar-refractivity contribution in [2.24, 2.45) is 5.41 Å². The highest BCUT2D eigenvalue weighted by Gasteiger charge is 2.15. The van der Waals surface area contributed by atoms with E-state index in [1.807, 2.05) is 20.8 Å². The van der Waals surface area contributed by atoms with E-state index in [2.05, 4.69) is 5.32 Å². The molecule has 3 nitrogen and oxygen atoms in total. The van der Waals surface area contributed by atoms with Crippen molar-refractivity contribution in [3.05, 3.63) is 0 Å². The largest absolute Gasteiger partial charge is 0.349 e. The Morgan fingerprint density at radius 3 is 2.45 bits per heavy atom. The van der Waals surface area contributed by atoms with Gasteiger partial charge in [0.05, 0.1) is 0 Å². The predicted octanol–water partition coefficient (Wildman–Crippen LogP) is 0.738. The molecule has 0 aliphatic carbocycles. The first-order chi connectivity index (χ1) is 5.02. The molecule has 0 aliphatic rings. The topological polar surface area (TPSA) is 46.2 Å². The van der Waals surface area contributed by atoms with Crippen LogP contribution >= 0.6 is 0 Å². The number of carbonyl (C=O) groups excluding carboxylic acids is 2. The molecule has 0 aromatic rings. The number of carbonyl (C=O) groups is 2. The van der Waals surface area contributed by atoms with Gasteiger partial charge in [-0.05, 0) is 11.8 Å². The highest BCUT2D eigenvalue weighted by molar-refractivity contribution is 6.23. The highest BCUT2D eigenvalue weighted by Crippen LogP contribution is 2.17. The number of hydrogen-bond donors (Lipinski definition) is 1. The molecule has 0 bridgehead atoms. The first-order valence-corrected chi connectivity index (χ1v) is 3.75. The lowest BCUT2D eigenvalue weighted by atomic mass is 9.90. The summed E-state index contributed by atoms with van der Waals surface area (Å²) in [6.07, 6.45) is 1.28. The van der Waals surface area contributed by atoms with E-state index < -0.39 is 5.91 Å². The van der Waals surface area contributed by atoms with Crippen molar-refractivity contribution in [3.8, 4) is 0 Å². The van der Waals surface area contributed by atoms with Crippen LogP contribution in [0.15, 0.2) is 0 Å². The quantitative estimate of drug-likeness (QED) is 0.483. The van der Waals surface area contributed by atoms with Crippen LogP contribution in [0.1, 0.15) is 27.2 Å². The Bertz CT molecular complexity index is 152. The minimum atomic E-state index is -0.536. The Kier molecular flexibility index (Phi) is 3.79. The van der Waals surface area contributed by atoms with Crippen LogP contribution in [0, 0.1) is 5.41 Å². The molecule has 1 N–H and O–H groups in total. The molecule has 0 saturated heterocycles. The average molecular weight is 157 g/mol. The first-order valence-electron chi connectivity index (χ1n) is 3.75. The summed E-state index contributed by atoms with van der Waals surface area (Å²) in [5, 5.41) is 2.52. The lowest BCUT2D eigenvalue weighted by Gasteiger charge is -2.21. The molecule has 64 valence electrons. The van der Waals surface area contributed by atoms with Gasteiger partial charge in [0.15, 0.2) is 0 Å². The zero-order valence-electron chi connectivity index (χ0n) is 7.31. The molecular weight excluding hydrogens is 142 g/mol. The maximum absolute atomic E-state index is 10.5. The van der Waals surface area contributed by atoms with Crippen molar-refractivity contribution in [2.75, 3.05) is 6.54 Å². The van der Waals surface area contributed by atoms with Crippen LogP contribution in [-0.2, 0) is 9.59 Å². The fraction of sp³-hybridized carbons (Fsp3) is 0.750. The van der Waals surface area contributed by atoms with Gasteiger partial charge < -0.3 is 5.32 Å². The third kappa shape index (κ3) is 4.53. The van der Waals surface area contributed by atoms with Crippen LogP contribution in [0.5, 0.6) is 0 Å². The summed E-state index contributed by atoms with van der Waals surface area (Å²) < 4.78 is 0. The summed E-state index contributed by atoms with van der Waals surface area (Å²) in [6.45, 7) is 6.68. The van der Waals surface area contributed by atoms with Gasteiger partial charge in [0.1, 0.15) is 0 Å². The second-order valence-corrected chi connectivity index (χ2v) is 3.35. The minimum Gasteiger partial charge on any atom is -0.349 e. The minimum absolute atomic E-state index is 0.0820. The van der Waals surface area contributed by atoms with Crippen molar-refractivity contribution >= 4 is 12.2 Å². The summed E-state index contributed by atoms with van der Waals surface area (Å²) in [6, 6.07) is 0. The third-order valence-electron chi connectivity index (χ3n) is 1.81. The van der Waals surface area contributed by atoms with Gasteiger partial charge in [0, 0.05) is 6.54 Å². The molecular formula is C8H15NO2. The number of rotatable bonds is 4. The molecule has 0 rings (SSSR count). The van der Waals surface area contributed by atoms with E-state index in [1.165, 1.54) is 0 Å². The monoisotopic (exact) mass is 157 g/mol. The molecule has 11 heavy (non-hydrogen) atoms. The van der Waals surface area contributed by atoms with Gasteiger partial charge in [-0.3, -0.25) is 9.59 Å². The lowest BCUT2D eigenvalue weighted by molar-refractivity contribution is -0.131. The van der Waals surface area contributed by atoms with Gasteiger partial charge in [-0.1, -0.05) is 20.8 Å². The maximum atomic E-state index is 10.5. The third-order valence-corrected chi connectivity index (χ3v) is 1.81. The van der Waals surface area contributed by atoms with Gasteiger partial charge in [0.2, 0.25) is 6.29 Å². The number of hydrogen-bond acceptors (Lipinski definition) is 2. The van der Waals surface area contributed by atoms with E-state index in [0.717, 1.165) is 6.42 Å². The fourth-order valence-corrected chi connectivity index (χ4v) is 0.493. The summed E-state index contributed by atoms with van der Waals surface area (Å²) >= 11 is 0. The molecule has 0 aliphatic heterocycles. The van der Waals surface area contributed by atoms with Gasteiger partial charge in [0.25, 0.3) is 5.91 Å². The smallest absolute Gasteiger partial charge is 0.284 e. The van der Waals surface area contributed by atoms with Crippen molar-refractivity contribution in [1.82, 2.24) is 5.32 Å². The Balaban J connectivity index is 3.69. The standard InChI is InChI=1S/C8H15NO2/c1-4-8(2,3)6-9-7(11)5-10/h5H,4,6H2,1-3H3,(H,9,11). The summed E-state index contributed by atoms with van der Waals surface area (Å²) in [7, 11) is 0. The zero-order chi connectivity index (χ0) is 8.91. The predicted molar refractivity (Wildman–Crippen MR) is 43.1 cm³/mol. The van der Waals surface area contributed by atoms with E-state index in [1.54, 1.807) is 0 Å². The zero-order valence-corrected chi connectivity index (χ0v) is 7.31. The highest BCUT2D eigenvalue weighted by atomic mass is 16.2. The number of aldehydes is 1. The van der Waals surface area contributed by atoms with E-state index in [9.17, 15) is 9.59 Å². The Labute approximate surface area is 67.2 Å². The normalized spacial score (nSPS) is 10.8. The van der Waals surface area contributed by atoms with Crippen molar-refractivity contribution in [1.29, 1.82) is 0 Å². The van der Waals surface area contributed by atoms with Gasteiger partial charge in [-0.25, -0.2) is 0 Å². The molecule has 1 amide bonds. The number of amides is 1. The van der Waals surface area contributed by atoms with Crippen LogP contribution < -0.4 is 5.32 Å². The van der Waals surface area contributed by atoms with Crippen LogP contribution in [0.3, 0.4) is 0 Å². The lowest BCUT2D eigenvalue weighted by Crippen LogP contribution is -2.34. The molecule has 0 radical (unpaired) electrons. The maximum Gasteiger partial charge on any atom is 0.284 e. The van der Waals surface area contributed by atoms with Crippen LogP contribution in [0.4, 0.5) is 0 Å². The Morgan fingerprint density at radius 1 is 1.55 bits per heavy atom. The molecule has 0 aromatic heterocycles. The van der Waals surface area contributed by atoms with E-state index >= 15 is 0 Å². The van der Waals surface area contributed by atoms with Crippen LogP contribution in [0.25, 0.3) is 0 Å². The molecule has 0 saturated carbocycles. The molecule has 0 atom stereocenters. The van der Waals surface area contributed by atoms with E-state index in [-0.39, 0.29) is 5.41 Å². The SMILES string of the molecule is CCC(C)(C)CNC(=O)C=O. The first kappa shape index (κ1) is 10.1. The van der Waals surface area contributed by atoms with E-state index in [0.29, 0.717) is 12.8 Å². The summed E-state index contributed by atoms with van der Waals surface area (Å²) in [5.41, 5.74) is 0.0820. The second-order valence-electron chi connectivity index (χ2n) is 3.35. The molecule has 0 spiro atoms. The summed E-state index contributed by atoms with van der Waals surface area (Å²) in [5.74, 6) is -0.536.